The SMILES string of the molecule is O=C(OC[C@@H]1O[C@@H](OC(=O)c2ccccc2)[C@@H](OS(=O)(=O)n2ccnc2)[C@H]1OC(=O)c1ccccc1)c1ccccc1. The van der Waals surface area contributed by atoms with Crippen LogP contribution in [-0.4, -0.2) is 66.5 Å². The Morgan fingerprint density at radius 1 is 0.738 bits per heavy atom. The third-order valence-electron chi connectivity index (χ3n) is 6.11. The lowest BCUT2D eigenvalue weighted by Crippen LogP contribution is -2.43. The molecule has 1 aromatic heterocycles. The number of imidazole rings is 1. The van der Waals surface area contributed by atoms with Crippen molar-refractivity contribution in [2.45, 2.75) is 24.6 Å². The van der Waals surface area contributed by atoms with Gasteiger partial charge in [0.05, 0.1) is 16.7 Å². The smallest absolute Gasteiger partial charge is 0.367 e. The van der Waals surface area contributed by atoms with Gasteiger partial charge in [0.15, 0.2) is 12.2 Å². The molecule has 1 saturated heterocycles. The number of esters is 3. The highest BCUT2D eigenvalue weighted by Crippen LogP contribution is 2.31. The summed E-state index contributed by atoms with van der Waals surface area (Å²) in [5, 5.41) is 0. The molecule has 0 saturated carbocycles. The summed E-state index contributed by atoms with van der Waals surface area (Å²) in [5.74, 6) is -2.41. The number of aromatic nitrogens is 2. The third kappa shape index (κ3) is 6.71. The predicted molar refractivity (Wildman–Crippen MR) is 144 cm³/mol. The van der Waals surface area contributed by atoms with Gasteiger partial charge >= 0.3 is 28.2 Å². The van der Waals surface area contributed by atoms with Gasteiger partial charge in [-0.1, -0.05) is 54.6 Å². The van der Waals surface area contributed by atoms with E-state index in [2.05, 4.69) is 4.98 Å². The number of carbonyl (C=O) groups is 3. The van der Waals surface area contributed by atoms with Crippen LogP contribution in [0.2, 0.25) is 0 Å². The van der Waals surface area contributed by atoms with Gasteiger partial charge in [-0.25, -0.2) is 27.5 Å². The standard InChI is InChI=1S/C29H24N2O10S/c32-26(20-10-4-1-5-11-20)37-18-23-24(39-27(33)21-12-6-2-7-13-21)25(41-42(35,36)31-17-16-30-19-31)29(38-23)40-28(34)22-14-8-3-9-15-22/h1-17,19,23-25,29H,18H2/t23-,24-,25-,29-/m0/s1. The van der Waals surface area contributed by atoms with Gasteiger partial charge in [-0.3, -0.25) is 0 Å². The number of carbonyl (C=O) groups excluding carboxylic acids is 3. The average molecular weight is 593 g/mol. The van der Waals surface area contributed by atoms with Gasteiger partial charge in [-0.15, -0.1) is 0 Å². The minimum Gasteiger partial charge on any atom is -0.459 e. The molecule has 13 heteroatoms. The number of rotatable bonds is 10. The quantitative estimate of drug-likeness (QED) is 0.198. The van der Waals surface area contributed by atoms with E-state index in [0.29, 0.717) is 3.97 Å². The average Bonchev–Trinajstić information content (AvgIpc) is 3.67. The van der Waals surface area contributed by atoms with Gasteiger partial charge in [0, 0.05) is 12.4 Å². The molecular weight excluding hydrogens is 568 g/mol. The molecule has 1 aliphatic heterocycles. The molecule has 0 bridgehead atoms. The predicted octanol–water partition coefficient (Wildman–Crippen LogP) is 3.03. The van der Waals surface area contributed by atoms with Gasteiger partial charge in [-0.05, 0) is 36.4 Å². The molecule has 0 aliphatic carbocycles. The van der Waals surface area contributed by atoms with E-state index in [1.54, 1.807) is 66.7 Å². The summed E-state index contributed by atoms with van der Waals surface area (Å²) in [5.41, 5.74) is 0.545. The summed E-state index contributed by atoms with van der Waals surface area (Å²) in [7, 11) is -4.58. The fourth-order valence-corrected chi connectivity index (χ4v) is 5.02. The lowest BCUT2D eigenvalue weighted by atomic mass is 10.1. The molecule has 0 unspecified atom stereocenters. The number of nitrogens with zero attached hydrogens (tertiary/aromatic N) is 2. The van der Waals surface area contributed by atoms with Crippen molar-refractivity contribution in [1.82, 2.24) is 8.96 Å². The monoisotopic (exact) mass is 592 g/mol. The summed E-state index contributed by atoms with van der Waals surface area (Å²) in [4.78, 5) is 42.4. The highest BCUT2D eigenvalue weighted by Gasteiger charge is 2.53. The highest BCUT2D eigenvalue weighted by molar-refractivity contribution is 7.85. The Hall–Kier alpha value is -4.85. The van der Waals surface area contributed by atoms with Crippen LogP contribution in [0, 0.1) is 0 Å². The van der Waals surface area contributed by atoms with Gasteiger partial charge in [-0.2, -0.15) is 8.42 Å². The Labute approximate surface area is 240 Å². The summed E-state index contributed by atoms with van der Waals surface area (Å²) < 4.78 is 54.7. The van der Waals surface area contributed by atoms with E-state index in [1.165, 1.54) is 30.5 Å². The zero-order valence-electron chi connectivity index (χ0n) is 21.8. The molecule has 0 amide bonds. The van der Waals surface area contributed by atoms with E-state index in [9.17, 15) is 22.8 Å². The second-order valence-corrected chi connectivity index (χ2v) is 10.4. The van der Waals surface area contributed by atoms with Gasteiger partial charge < -0.3 is 18.9 Å². The molecule has 4 atom stereocenters. The fraction of sp³-hybridized carbons (Fsp3) is 0.172. The molecule has 4 aromatic rings. The maximum Gasteiger partial charge on any atom is 0.367 e. The summed E-state index contributed by atoms with van der Waals surface area (Å²) in [6, 6.07) is 23.9. The maximum atomic E-state index is 13.1. The summed E-state index contributed by atoms with van der Waals surface area (Å²) in [6.07, 6.45) is -2.85. The highest BCUT2D eigenvalue weighted by atomic mass is 32.2. The molecule has 0 spiro atoms. The first-order valence-corrected chi connectivity index (χ1v) is 14.0. The second kappa shape index (κ2) is 12.8. The maximum absolute atomic E-state index is 13.1. The van der Waals surface area contributed by atoms with E-state index in [0.717, 1.165) is 12.5 Å². The van der Waals surface area contributed by atoms with Crippen LogP contribution in [0.4, 0.5) is 0 Å². The first-order chi connectivity index (χ1) is 20.3. The van der Waals surface area contributed by atoms with Crippen molar-refractivity contribution in [3.8, 4) is 0 Å². The number of ether oxygens (including phenoxy) is 4. The molecule has 0 radical (unpaired) electrons. The molecule has 216 valence electrons. The van der Waals surface area contributed by atoms with E-state index in [4.69, 9.17) is 23.1 Å². The summed E-state index contributed by atoms with van der Waals surface area (Å²) in [6.45, 7) is -0.495. The topological polar surface area (TPSA) is 149 Å². The van der Waals surface area contributed by atoms with Gasteiger partial charge in [0.1, 0.15) is 19.0 Å². The molecule has 42 heavy (non-hydrogen) atoms. The van der Waals surface area contributed by atoms with Crippen LogP contribution < -0.4 is 0 Å². The van der Waals surface area contributed by atoms with Crippen LogP contribution in [0.25, 0.3) is 0 Å². The minimum absolute atomic E-state index is 0.147. The Kier molecular flexibility index (Phi) is 8.71. The second-order valence-electron chi connectivity index (χ2n) is 8.93. The zero-order chi connectivity index (χ0) is 29.5. The Balaban J connectivity index is 1.46. The van der Waals surface area contributed by atoms with Crippen molar-refractivity contribution in [2.75, 3.05) is 6.61 Å². The molecule has 12 nitrogen and oxygen atoms in total. The summed E-state index contributed by atoms with van der Waals surface area (Å²) >= 11 is 0. The molecule has 2 heterocycles. The van der Waals surface area contributed by atoms with E-state index in [-0.39, 0.29) is 16.7 Å². The van der Waals surface area contributed by atoms with E-state index < -0.39 is 59.4 Å². The Morgan fingerprint density at radius 2 is 1.26 bits per heavy atom. The van der Waals surface area contributed by atoms with Gasteiger partial charge in [0.2, 0.25) is 6.29 Å². The third-order valence-corrected chi connectivity index (χ3v) is 7.31. The van der Waals surface area contributed by atoms with Crippen LogP contribution in [0.3, 0.4) is 0 Å². The fourth-order valence-electron chi connectivity index (χ4n) is 4.06. The van der Waals surface area contributed by atoms with Crippen molar-refractivity contribution < 1.29 is 45.9 Å². The van der Waals surface area contributed by atoms with Crippen molar-refractivity contribution >= 4 is 28.2 Å². The lowest BCUT2D eigenvalue weighted by Gasteiger charge is -2.23. The van der Waals surface area contributed by atoms with E-state index in [1.807, 2.05) is 0 Å². The minimum atomic E-state index is -4.58. The largest absolute Gasteiger partial charge is 0.459 e. The number of benzene rings is 3. The normalized spacial score (nSPS) is 20.0. The van der Waals surface area contributed by atoms with Crippen LogP contribution in [0.15, 0.2) is 110 Å². The zero-order valence-corrected chi connectivity index (χ0v) is 22.6. The lowest BCUT2D eigenvalue weighted by molar-refractivity contribution is -0.135. The van der Waals surface area contributed by atoms with Crippen molar-refractivity contribution in [3.05, 3.63) is 126 Å². The molecule has 1 fully saturated rings. The van der Waals surface area contributed by atoms with Crippen molar-refractivity contribution in [2.24, 2.45) is 0 Å². The molecule has 5 rings (SSSR count). The first-order valence-electron chi connectivity index (χ1n) is 12.6. The van der Waals surface area contributed by atoms with Gasteiger partial charge in [0.25, 0.3) is 0 Å². The number of hydrogen-bond donors (Lipinski definition) is 0. The van der Waals surface area contributed by atoms with Crippen LogP contribution in [-0.2, 0) is 33.4 Å². The molecular formula is C29H24N2O10S. The molecule has 0 N–H and O–H groups in total. The Bertz CT molecular complexity index is 1610. The van der Waals surface area contributed by atoms with Crippen LogP contribution >= 0.6 is 0 Å². The van der Waals surface area contributed by atoms with E-state index >= 15 is 0 Å². The van der Waals surface area contributed by atoms with Crippen LogP contribution in [0.5, 0.6) is 0 Å². The Morgan fingerprint density at radius 3 is 1.79 bits per heavy atom. The molecule has 1 aliphatic rings. The first kappa shape index (κ1) is 28.7. The molecule has 3 aromatic carbocycles. The van der Waals surface area contributed by atoms with Crippen molar-refractivity contribution in [1.29, 1.82) is 0 Å². The van der Waals surface area contributed by atoms with Crippen LogP contribution in [0.1, 0.15) is 31.1 Å². The number of hydrogen-bond acceptors (Lipinski definition) is 11. The van der Waals surface area contributed by atoms with Crippen molar-refractivity contribution in [3.63, 3.8) is 0 Å².